The molecule has 0 aliphatic heterocycles. The number of halogens is 2. The maximum Gasteiger partial charge on any atom is 0.128 e. The van der Waals surface area contributed by atoms with Crippen LogP contribution in [0.3, 0.4) is 0 Å². The molecule has 0 saturated carbocycles. The molecule has 2 nitrogen and oxygen atoms in total. The van der Waals surface area contributed by atoms with Gasteiger partial charge in [0.05, 0.1) is 18.1 Å². The molecule has 1 aromatic rings. The van der Waals surface area contributed by atoms with Gasteiger partial charge in [-0.15, -0.1) is 11.6 Å². The van der Waals surface area contributed by atoms with E-state index in [2.05, 4.69) is 11.8 Å². The minimum atomic E-state index is -0.373. The van der Waals surface area contributed by atoms with E-state index in [1.807, 2.05) is 13.8 Å². The maximum absolute atomic E-state index is 13.4. The lowest BCUT2D eigenvalue weighted by atomic mass is 10.1. The Balaban J connectivity index is 2.66. The zero-order valence-electron chi connectivity index (χ0n) is 11.4. The summed E-state index contributed by atoms with van der Waals surface area (Å²) in [5, 5.41) is 0. The van der Waals surface area contributed by atoms with Crippen LogP contribution in [0.1, 0.15) is 25.8 Å². The Morgan fingerprint density at radius 3 is 2.68 bits per heavy atom. The summed E-state index contributed by atoms with van der Waals surface area (Å²) in [5.74, 6) is 5.76. The summed E-state index contributed by atoms with van der Waals surface area (Å²) in [4.78, 5) is 0. The minimum absolute atomic E-state index is 0.217. The van der Waals surface area contributed by atoms with E-state index in [1.54, 1.807) is 13.2 Å². The third kappa shape index (κ3) is 5.96. The van der Waals surface area contributed by atoms with Crippen LogP contribution in [0.2, 0.25) is 0 Å². The second-order valence-corrected chi connectivity index (χ2v) is 4.94. The smallest absolute Gasteiger partial charge is 0.128 e. The van der Waals surface area contributed by atoms with Crippen molar-refractivity contribution in [2.75, 3.05) is 19.6 Å². The van der Waals surface area contributed by atoms with Gasteiger partial charge in [-0.1, -0.05) is 11.8 Å². The Labute approximate surface area is 118 Å². The average molecular weight is 285 g/mol. The van der Waals surface area contributed by atoms with Crippen LogP contribution in [0, 0.1) is 17.7 Å². The molecule has 0 heterocycles. The molecule has 0 fully saturated rings. The molecule has 0 atom stereocenters. The highest BCUT2D eigenvalue weighted by Gasteiger charge is 2.16. The van der Waals surface area contributed by atoms with Crippen LogP contribution < -0.4 is 4.74 Å². The average Bonchev–Trinajstić information content (AvgIpc) is 2.35. The van der Waals surface area contributed by atoms with E-state index < -0.39 is 0 Å². The molecule has 1 rings (SSSR count). The summed E-state index contributed by atoms with van der Waals surface area (Å²) >= 11 is 5.47. The van der Waals surface area contributed by atoms with Crippen LogP contribution in [0.15, 0.2) is 18.2 Å². The maximum atomic E-state index is 13.4. The molecule has 104 valence electrons. The van der Waals surface area contributed by atoms with E-state index in [9.17, 15) is 4.39 Å². The third-order valence-corrected chi connectivity index (χ3v) is 2.83. The molecule has 19 heavy (non-hydrogen) atoms. The molecule has 0 amide bonds. The number of hydrogen-bond donors (Lipinski definition) is 0. The zero-order valence-corrected chi connectivity index (χ0v) is 12.2. The zero-order chi connectivity index (χ0) is 14.3. The highest BCUT2D eigenvalue weighted by atomic mass is 35.5. The molecule has 0 aliphatic rings. The largest absolute Gasteiger partial charge is 0.493 e. The molecular weight excluding hydrogens is 267 g/mol. The molecule has 0 bridgehead atoms. The first-order chi connectivity index (χ1) is 8.96. The van der Waals surface area contributed by atoms with Crippen molar-refractivity contribution in [3.05, 3.63) is 29.6 Å². The van der Waals surface area contributed by atoms with Crippen LogP contribution in [-0.2, 0) is 4.74 Å². The fourth-order valence-electron chi connectivity index (χ4n) is 1.37. The van der Waals surface area contributed by atoms with Crippen molar-refractivity contribution in [1.82, 2.24) is 0 Å². The predicted molar refractivity (Wildman–Crippen MR) is 75.2 cm³/mol. The SMILES string of the molecule is COC(C)(C)CCOc1cc(F)cc(C#CCCl)c1. The van der Waals surface area contributed by atoms with E-state index >= 15 is 0 Å². The van der Waals surface area contributed by atoms with Crippen molar-refractivity contribution < 1.29 is 13.9 Å². The van der Waals surface area contributed by atoms with E-state index in [-0.39, 0.29) is 17.3 Å². The first-order valence-electron chi connectivity index (χ1n) is 6.00. The Morgan fingerprint density at radius 2 is 2.05 bits per heavy atom. The summed E-state index contributed by atoms with van der Waals surface area (Å²) in [6.07, 6.45) is 0.711. The second kappa shape index (κ2) is 7.37. The molecule has 0 N–H and O–H groups in total. The number of methoxy groups -OCH3 is 1. The van der Waals surface area contributed by atoms with Crippen LogP contribution in [0.25, 0.3) is 0 Å². The summed E-state index contributed by atoms with van der Waals surface area (Å²) < 4.78 is 24.2. The fraction of sp³-hybridized carbons (Fsp3) is 0.467. The molecule has 0 unspecified atom stereocenters. The summed E-state index contributed by atoms with van der Waals surface area (Å²) in [6.45, 7) is 4.39. The molecular formula is C15H18ClFO2. The highest BCUT2D eigenvalue weighted by Crippen LogP contribution is 2.18. The lowest BCUT2D eigenvalue weighted by Crippen LogP contribution is -2.25. The van der Waals surface area contributed by atoms with E-state index in [1.165, 1.54) is 12.1 Å². The summed E-state index contributed by atoms with van der Waals surface area (Å²) in [5.41, 5.74) is 0.302. The van der Waals surface area contributed by atoms with Gasteiger partial charge in [-0.05, 0) is 26.0 Å². The number of benzene rings is 1. The van der Waals surface area contributed by atoms with Crippen molar-refractivity contribution in [3.8, 4) is 17.6 Å². The Kier molecular flexibility index (Phi) is 6.14. The van der Waals surface area contributed by atoms with Gasteiger partial charge in [-0.25, -0.2) is 4.39 Å². The molecule has 4 heteroatoms. The fourth-order valence-corrected chi connectivity index (χ4v) is 1.44. The Hall–Kier alpha value is -1.24. The van der Waals surface area contributed by atoms with Gasteiger partial charge in [0.25, 0.3) is 0 Å². The standard InChI is InChI=1S/C15H18ClFO2/c1-15(2,18-3)6-8-19-14-10-12(5-4-7-16)9-13(17)11-14/h9-11H,6-8H2,1-3H3. The predicted octanol–water partition coefficient (Wildman–Crippen LogP) is 3.61. The normalized spacial score (nSPS) is 10.8. The number of ether oxygens (including phenoxy) is 2. The van der Waals surface area contributed by atoms with Gasteiger partial charge >= 0.3 is 0 Å². The van der Waals surface area contributed by atoms with Gasteiger partial charge in [0.1, 0.15) is 11.6 Å². The highest BCUT2D eigenvalue weighted by molar-refractivity contribution is 6.19. The minimum Gasteiger partial charge on any atom is -0.493 e. The lowest BCUT2D eigenvalue weighted by Gasteiger charge is -2.22. The quantitative estimate of drug-likeness (QED) is 0.607. The third-order valence-electron chi connectivity index (χ3n) is 2.70. The topological polar surface area (TPSA) is 18.5 Å². The van der Waals surface area contributed by atoms with Gasteiger partial charge in [0.15, 0.2) is 0 Å². The van der Waals surface area contributed by atoms with Crippen molar-refractivity contribution in [2.45, 2.75) is 25.9 Å². The first kappa shape index (κ1) is 15.8. The molecule has 0 radical (unpaired) electrons. The molecule has 0 spiro atoms. The number of rotatable bonds is 5. The van der Waals surface area contributed by atoms with Crippen molar-refractivity contribution in [3.63, 3.8) is 0 Å². The second-order valence-electron chi connectivity index (χ2n) is 4.67. The van der Waals surface area contributed by atoms with Gasteiger partial charge in [-0.3, -0.25) is 0 Å². The van der Waals surface area contributed by atoms with Gasteiger partial charge < -0.3 is 9.47 Å². The number of hydrogen-bond acceptors (Lipinski definition) is 2. The summed E-state index contributed by atoms with van der Waals surface area (Å²) in [7, 11) is 1.65. The lowest BCUT2D eigenvalue weighted by molar-refractivity contribution is 0.00544. The van der Waals surface area contributed by atoms with Crippen LogP contribution in [0.4, 0.5) is 4.39 Å². The molecule has 0 aromatic heterocycles. The molecule has 0 aliphatic carbocycles. The van der Waals surface area contributed by atoms with Gasteiger partial charge in [0, 0.05) is 25.2 Å². The van der Waals surface area contributed by atoms with Crippen molar-refractivity contribution in [1.29, 1.82) is 0 Å². The Morgan fingerprint density at radius 1 is 1.32 bits per heavy atom. The van der Waals surface area contributed by atoms with Crippen LogP contribution in [-0.4, -0.2) is 25.2 Å². The molecule has 0 saturated heterocycles. The van der Waals surface area contributed by atoms with Gasteiger partial charge in [0.2, 0.25) is 0 Å². The van der Waals surface area contributed by atoms with Crippen LogP contribution >= 0.6 is 11.6 Å². The monoisotopic (exact) mass is 284 g/mol. The van der Waals surface area contributed by atoms with E-state index in [0.29, 0.717) is 24.3 Å². The van der Waals surface area contributed by atoms with Crippen LogP contribution in [0.5, 0.6) is 5.75 Å². The van der Waals surface area contributed by atoms with E-state index in [4.69, 9.17) is 21.1 Å². The van der Waals surface area contributed by atoms with Crippen molar-refractivity contribution in [2.24, 2.45) is 0 Å². The van der Waals surface area contributed by atoms with Crippen molar-refractivity contribution >= 4 is 11.6 Å². The first-order valence-corrected chi connectivity index (χ1v) is 6.54. The molecule has 1 aromatic carbocycles. The number of alkyl halides is 1. The van der Waals surface area contributed by atoms with E-state index in [0.717, 1.165) is 0 Å². The Bertz CT molecular complexity index is 475. The summed E-state index contributed by atoms with van der Waals surface area (Å²) in [6, 6.07) is 4.39. The van der Waals surface area contributed by atoms with Gasteiger partial charge in [-0.2, -0.15) is 0 Å².